The summed E-state index contributed by atoms with van der Waals surface area (Å²) >= 11 is 0. The van der Waals surface area contributed by atoms with Crippen molar-refractivity contribution in [3.63, 3.8) is 0 Å². The standard InChI is InChI=1S/C14H24N2O3S/c1-5-6-12(9-19-4)16-20(17,18)14-8-11(3)10(2)7-13(14)15/h7-8,12,16H,5-6,9,15H2,1-4H3. The minimum Gasteiger partial charge on any atom is -0.398 e. The molecule has 20 heavy (non-hydrogen) atoms. The number of methoxy groups -OCH3 is 1. The van der Waals surface area contributed by atoms with Gasteiger partial charge >= 0.3 is 0 Å². The third-order valence-electron chi connectivity index (χ3n) is 3.24. The normalized spacial score (nSPS) is 13.4. The van der Waals surface area contributed by atoms with E-state index in [4.69, 9.17) is 10.5 Å². The van der Waals surface area contributed by atoms with Gasteiger partial charge in [-0.3, -0.25) is 0 Å². The number of aryl methyl sites for hydroxylation is 2. The van der Waals surface area contributed by atoms with Gasteiger partial charge in [0.2, 0.25) is 10.0 Å². The van der Waals surface area contributed by atoms with Crippen molar-refractivity contribution in [2.24, 2.45) is 0 Å². The lowest BCUT2D eigenvalue weighted by Gasteiger charge is -2.18. The van der Waals surface area contributed by atoms with Crippen molar-refractivity contribution in [1.29, 1.82) is 0 Å². The molecule has 0 radical (unpaired) electrons. The van der Waals surface area contributed by atoms with E-state index in [-0.39, 0.29) is 16.6 Å². The van der Waals surface area contributed by atoms with E-state index >= 15 is 0 Å². The van der Waals surface area contributed by atoms with E-state index in [0.29, 0.717) is 6.61 Å². The lowest BCUT2D eigenvalue weighted by Crippen LogP contribution is -2.38. The smallest absolute Gasteiger partial charge is 0.242 e. The molecule has 0 amide bonds. The molecule has 1 rings (SSSR count). The molecule has 0 aromatic heterocycles. The van der Waals surface area contributed by atoms with Crippen LogP contribution in [0.15, 0.2) is 17.0 Å². The molecule has 3 N–H and O–H groups in total. The average Bonchev–Trinajstić information content (AvgIpc) is 2.33. The van der Waals surface area contributed by atoms with Crippen LogP contribution in [0.1, 0.15) is 30.9 Å². The number of nitrogen functional groups attached to an aromatic ring is 1. The number of hydrogen-bond donors (Lipinski definition) is 2. The summed E-state index contributed by atoms with van der Waals surface area (Å²) in [5.41, 5.74) is 8.00. The van der Waals surface area contributed by atoms with Crippen LogP contribution in [-0.2, 0) is 14.8 Å². The van der Waals surface area contributed by atoms with Crippen LogP contribution in [0, 0.1) is 13.8 Å². The number of rotatable bonds is 7. The summed E-state index contributed by atoms with van der Waals surface area (Å²) in [6.45, 7) is 6.12. The highest BCUT2D eigenvalue weighted by Gasteiger charge is 2.22. The van der Waals surface area contributed by atoms with E-state index in [1.807, 2.05) is 20.8 Å². The highest BCUT2D eigenvalue weighted by molar-refractivity contribution is 7.89. The molecule has 0 fully saturated rings. The first-order valence-corrected chi connectivity index (χ1v) is 8.18. The molecule has 1 aromatic rings. The fourth-order valence-electron chi connectivity index (χ4n) is 2.05. The topological polar surface area (TPSA) is 81.4 Å². The summed E-state index contributed by atoms with van der Waals surface area (Å²) in [5.74, 6) is 0. The number of ether oxygens (including phenoxy) is 1. The van der Waals surface area contributed by atoms with E-state index in [2.05, 4.69) is 4.72 Å². The quantitative estimate of drug-likeness (QED) is 0.754. The molecular formula is C14H24N2O3S. The van der Waals surface area contributed by atoms with Crippen LogP contribution in [0.3, 0.4) is 0 Å². The van der Waals surface area contributed by atoms with Crippen molar-refractivity contribution in [2.45, 2.75) is 44.6 Å². The minimum absolute atomic E-state index is 0.137. The Bertz CT molecular complexity index is 550. The molecule has 5 nitrogen and oxygen atoms in total. The zero-order chi connectivity index (χ0) is 15.3. The van der Waals surface area contributed by atoms with Crippen LogP contribution in [0.25, 0.3) is 0 Å². The van der Waals surface area contributed by atoms with Gasteiger partial charge in [-0.25, -0.2) is 13.1 Å². The number of sulfonamides is 1. The van der Waals surface area contributed by atoms with Crippen LogP contribution < -0.4 is 10.5 Å². The van der Waals surface area contributed by atoms with Gasteiger partial charge in [0.25, 0.3) is 0 Å². The van der Waals surface area contributed by atoms with Gasteiger partial charge in [0, 0.05) is 13.2 Å². The predicted octanol–water partition coefficient (Wildman–Crippen LogP) is 1.98. The van der Waals surface area contributed by atoms with Crippen LogP contribution in [0.2, 0.25) is 0 Å². The monoisotopic (exact) mass is 300 g/mol. The van der Waals surface area contributed by atoms with Gasteiger partial charge in [0.15, 0.2) is 0 Å². The zero-order valence-corrected chi connectivity index (χ0v) is 13.4. The number of nitrogens with one attached hydrogen (secondary N) is 1. The molecule has 0 aliphatic heterocycles. The second-order valence-corrected chi connectivity index (χ2v) is 6.72. The van der Waals surface area contributed by atoms with E-state index in [0.717, 1.165) is 24.0 Å². The molecular weight excluding hydrogens is 276 g/mol. The van der Waals surface area contributed by atoms with Gasteiger partial charge in [-0.1, -0.05) is 13.3 Å². The number of nitrogens with two attached hydrogens (primary N) is 1. The molecule has 114 valence electrons. The Labute approximate surface area is 121 Å². The molecule has 0 spiro atoms. The molecule has 0 heterocycles. The maximum atomic E-state index is 12.4. The summed E-state index contributed by atoms with van der Waals surface area (Å²) in [6.07, 6.45) is 1.59. The second-order valence-electron chi connectivity index (χ2n) is 5.04. The van der Waals surface area contributed by atoms with Gasteiger partial charge < -0.3 is 10.5 Å². The Hall–Kier alpha value is -1.11. The Morgan fingerprint density at radius 1 is 1.30 bits per heavy atom. The van der Waals surface area contributed by atoms with Crippen LogP contribution >= 0.6 is 0 Å². The highest BCUT2D eigenvalue weighted by Crippen LogP contribution is 2.23. The van der Waals surface area contributed by atoms with Crippen molar-refractivity contribution >= 4 is 15.7 Å². The van der Waals surface area contributed by atoms with E-state index in [1.54, 1.807) is 19.2 Å². The maximum absolute atomic E-state index is 12.4. The van der Waals surface area contributed by atoms with Crippen LogP contribution in [0.4, 0.5) is 5.69 Å². The first-order valence-electron chi connectivity index (χ1n) is 6.69. The molecule has 1 unspecified atom stereocenters. The van der Waals surface area contributed by atoms with Crippen molar-refractivity contribution in [3.05, 3.63) is 23.3 Å². The Kier molecular flexibility index (Phi) is 5.98. The Morgan fingerprint density at radius 3 is 2.45 bits per heavy atom. The second kappa shape index (κ2) is 7.06. The highest BCUT2D eigenvalue weighted by atomic mass is 32.2. The summed E-state index contributed by atoms with van der Waals surface area (Å²) in [6, 6.07) is 3.06. The third kappa shape index (κ3) is 4.19. The lowest BCUT2D eigenvalue weighted by molar-refractivity contribution is 0.171. The lowest BCUT2D eigenvalue weighted by atomic mass is 10.1. The Morgan fingerprint density at radius 2 is 1.90 bits per heavy atom. The zero-order valence-electron chi connectivity index (χ0n) is 12.6. The SMILES string of the molecule is CCCC(COC)NS(=O)(=O)c1cc(C)c(C)cc1N. The van der Waals surface area contributed by atoms with E-state index in [9.17, 15) is 8.42 Å². The fraction of sp³-hybridized carbons (Fsp3) is 0.571. The average molecular weight is 300 g/mol. The minimum atomic E-state index is -3.63. The number of anilines is 1. The number of hydrogen-bond acceptors (Lipinski definition) is 4. The fourth-order valence-corrected chi connectivity index (χ4v) is 3.51. The van der Waals surface area contributed by atoms with Crippen LogP contribution in [0.5, 0.6) is 0 Å². The van der Waals surface area contributed by atoms with Crippen LogP contribution in [-0.4, -0.2) is 28.2 Å². The molecule has 1 atom stereocenters. The summed E-state index contributed by atoms with van der Waals surface area (Å²) < 4.78 is 32.6. The molecule has 0 bridgehead atoms. The van der Waals surface area contributed by atoms with Crippen molar-refractivity contribution in [1.82, 2.24) is 4.72 Å². The summed E-state index contributed by atoms with van der Waals surface area (Å²) in [4.78, 5) is 0.137. The predicted molar refractivity (Wildman–Crippen MR) is 81.2 cm³/mol. The van der Waals surface area contributed by atoms with Gasteiger partial charge in [0.1, 0.15) is 4.90 Å². The molecule has 0 saturated carbocycles. The first-order chi connectivity index (χ1) is 9.31. The number of benzene rings is 1. The molecule has 1 aromatic carbocycles. The van der Waals surface area contributed by atoms with Gasteiger partial charge in [-0.2, -0.15) is 0 Å². The summed E-state index contributed by atoms with van der Waals surface area (Å²) in [7, 11) is -2.07. The van der Waals surface area contributed by atoms with Gasteiger partial charge in [-0.15, -0.1) is 0 Å². The van der Waals surface area contributed by atoms with E-state index < -0.39 is 10.0 Å². The first kappa shape index (κ1) is 16.9. The largest absolute Gasteiger partial charge is 0.398 e. The van der Waals surface area contributed by atoms with E-state index in [1.165, 1.54) is 0 Å². The van der Waals surface area contributed by atoms with Gasteiger partial charge in [0.05, 0.1) is 12.3 Å². The van der Waals surface area contributed by atoms with Crippen molar-refractivity contribution in [3.8, 4) is 0 Å². The molecule has 0 aliphatic rings. The van der Waals surface area contributed by atoms with Crippen molar-refractivity contribution in [2.75, 3.05) is 19.5 Å². The maximum Gasteiger partial charge on any atom is 0.242 e. The molecule has 0 saturated heterocycles. The molecule has 0 aliphatic carbocycles. The third-order valence-corrected chi connectivity index (χ3v) is 4.82. The van der Waals surface area contributed by atoms with Crippen molar-refractivity contribution < 1.29 is 13.2 Å². The molecule has 6 heteroatoms. The van der Waals surface area contributed by atoms with Gasteiger partial charge in [-0.05, 0) is 43.5 Å². The Balaban J connectivity index is 3.07. The summed E-state index contributed by atoms with van der Waals surface area (Å²) in [5, 5.41) is 0.